The lowest BCUT2D eigenvalue weighted by Crippen LogP contribution is -2.36. The van der Waals surface area contributed by atoms with E-state index in [0.717, 1.165) is 6.42 Å². The summed E-state index contributed by atoms with van der Waals surface area (Å²) in [7, 11) is 0. The Morgan fingerprint density at radius 1 is 1.47 bits per heavy atom. The van der Waals surface area contributed by atoms with Crippen LogP contribution < -0.4 is 10.9 Å². The van der Waals surface area contributed by atoms with E-state index in [1.54, 1.807) is 6.20 Å². The molecule has 108 valence electrons. The molecule has 7 heteroatoms. The molecule has 1 heterocycles. The molecule has 1 rings (SSSR count). The standard InChI is InChI=1S/C12H20BrN3O3/c1-3-12(2,4-6-17)15-9-8-14-16(5-7-18)11(19)10(9)13/h8,15,17-18H,3-7H2,1-2H3. The predicted molar refractivity (Wildman–Crippen MR) is 77.3 cm³/mol. The Morgan fingerprint density at radius 2 is 2.16 bits per heavy atom. The minimum atomic E-state index is -0.297. The number of nitrogens with one attached hydrogen (secondary N) is 1. The molecule has 0 aliphatic heterocycles. The van der Waals surface area contributed by atoms with E-state index in [9.17, 15) is 4.79 Å². The monoisotopic (exact) mass is 333 g/mol. The van der Waals surface area contributed by atoms with E-state index in [-0.39, 0.29) is 30.9 Å². The van der Waals surface area contributed by atoms with Crippen molar-refractivity contribution in [1.82, 2.24) is 9.78 Å². The van der Waals surface area contributed by atoms with Crippen molar-refractivity contribution < 1.29 is 10.2 Å². The Bertz CT molecular complexity index is 478. The van der Waals surface area contributed by atoms with Gasteiger partial charge in [-0.1, -0.05) is 6.92 Å². The minimum Gasteiger partial charge on any atom is -0.396 e. The molecule has 0 saturated heterocycles. The molecule has 1 aromatic rings. The van der Waals surface area contributed by atoms with Crippen molar-refractivity contribution in [3.8, 4) is 0 Å². The van der Waals surface area contributed by atoms with Gasteiger partial charge in [-0.2, -0.15) is 5.10 Å². The van der Waals surface area contributed by atoms with Gasteiger partial charge in [-0.15, -0.1) is 0 Å². The number of aromatic nitrogens is 2. The molecule has 0 amide bonds. The number of nitrogens with zero attached hydrogens (tertiary/aromatic N) is 2. The first-order valence-corrected chi connectivity index (χ1v) is 7.02. The van der Waals surface area contributed by atoms with Gasteiger partial charge < -0.3 is 15.5 Å². The van der Waals surface area contributed by atoms with Crippen LogP contribution in [0.5, 0.6) is 0 Å². The van der Waals surface area contributed by atoms with Gasteiger partial charge in [0.25, 0.3) is 5.56 Å². The molecule has 1 unspecified atom stereocenters. The number of hydrogen-bond donors (Lipinski definition) is 3. The van der Waals surface area contributed by atoms with Crippen molar-refractivity contribution in [2.75, 3.05) is 18.5 Å². The van der Waals surface area contributed by atoms with E-state index < -0.39 is 0 Å². The van der Waals surface area contributed by atoms with Crippen LogP contribution in [-0.2, 0) is 6.54 Å². The summed E-state index contributed by atoms with van der Waals surface area (Å²) in [6, 6.07) is 0. The zero-order valence-electron chi connectivity index (χ0n) is 11.2. The second kappa shape index (κ2) is 7.02. The van der Waals surface area contributed by atoms with Crippen LogP contribution in [0.15, 0.2) is 15.5 Å². The average Bonchev–Trinajstić information content (AvgIpc) is 2.39. The molecule has 0 aliphatic carbocycles. The third-order valence-corrected chi connectivity index (χ3v) is 3.94. The summed E-state index contributed by atoms with van der Waals surface area (Å²) in [5, 5.41) is 25.2. The summed E-state index contributed by atoms with van der Waals surface area (Å²) in [5.41, 5.74) is 0.00709. The van der Waals surface area contributed by atoms with E-state index in [2.05, 4.69) is 26.3 Å². The molecule has 0 fully saturated rings. The first-order chi connectivity index (χ1) is 8.97. The van der Waals surface area contributed by atoms with Crippen LogP contribution in [0.1, 0.15) is 26.7 Å². The van der Waals surface area contributed by atoms with Gasteiger partial charge in [0.05, 0.1) is 25.0 Å². The largest absolute Gasteiger partial charge is 0.396 e. The SMILES string of the molecule is CCC(C)(CCO)Nc1cnn(CCO)c(=O)c1Br. The maximum absolute atomic E-state index is 12.0. The second-order valence-corrected chi connectivity index (χ2v) is 5.43. The van der Waals surface area contributed by atoms with Gasteiger partial charge in [-0.25, -0.2) is 4.68 Å². The summed E-state index contributed by atoms with van der Waals surface area (Å²) in [6.07, 6.45) is 2.93. The maximum atomic E-state index is 12.0. The number of rotatable bonds is 7. The first kappa shape index (κ1) is 16.1. The lowest BCUT2D eigenvalue weighted by Gasteiger charge is -2.30. The topological polar surface area (TPSA) is 87.4 Å². The van der Waals surface area contributed by atoms with Crippen LogP contribution in [0.3, 0.4) is 0 Å². The van der Waals surface area contributed by atoms with Crippen LogP contribution in [0.25, 0.3) is 0 Å². The molecular weight excluding hydrogens is 314 g/mol. The highest BCUT2D eigenvalue weighted by molar-refractivity contribution is 9.10. The summed E-state index contributed by atoms with van der Waals surface area (Å²) >= 11 is 3.25. The minimum absolute atomic E-state index is 0.0734. The van der Waals surface area contributed by atoms with Crippen LogP contribution in [0.4, 0.5) is 5.69 Å². The number of halogens is 1. The van der Waals surface area contributed by atoms with E-state index in [1.165, 1.54) is 4.68 Å². The third-order valence-electron chi connectivity index (χ3n) is 3.18. The summed E-state index contributed by atoms with van der Waals surface area (Å²) in [4.78, 5) is 12.0. The highest BCUT2D eigenvalue weighted by Gasteiger charge is 2.23. The van der Waals surface area contributed by atoms with Crippen molar-refractivity contribution in [3.05, 3.63) is 21.0 Å². The average molecular weight is 334 g/mol. The van der Waals surface area contributed by atoms with Crippen LogP contribution >= 0.6 is 15.9 Å². The lowest BCUT2D eigenvalue weighted by atomic mass is 9.95. The van der Waals surface area contributed by atoms with E-state index >= 15 is 0 Å². The Labute approximate surface area is 120 Å². The fourth-order valence-corrected chi connectivity index (χ4v) is 2.11. The molecular formula is C12H20BrN3O3. The molecule has 6 nitrogen and oxygen atoms in total. The molecule has 19 heavy (non-hydrogen) atoms. The molecule has 3 N–H and O–H groups in total. The Morgan fingerprint density at radius 3 is 2.68 bits per heavy atom. The summed E-state index contributed by atoms with van der Waals surface area (Å²) in [5.74, 6) is 0. The van der Waals surface area contributed by atoms with Gasteiger partial charge in [-0.3, -0.25) is 4.79 Å². The molecule has 0 bridgehead atoms. The predicted octanol–water partition coefficient (Wildman–Crippen LogP) is 0.961. The van der Waals surface area contributed by atoms with Gasteiger partial charge in [-0.05, 0) is 35.7 Å². The number of aliphatic hydroxyl groups is 2. The number of hydrogen-bond acceptors (Lipinski definition) is 5. The van der Waals surface area contributed by atoms with Gasteiger partial charge in [0.2, 0.25) is 0 Å². The van der Waals surface area contributed by atoms with E-state index in [0.29, 0.717) is 16.6 Å². The normalized spacial score (nSPS) is 14.2. The molecule has 0 spiro atoms. The van der Waals surface area contributed by atoms with Crippen LogP contribution in [0, 0.1) is 0 Å². The highest BCUT2D eigenvalue weighted by Crippen LogP contribution is 2.25. The van der Waals surface area contributed by atoms with Crippen molar-refractivity contribution in [3.63, 3.8) is 0 Å². The molecule has 0 aliphatic rings. The quantitative estimate of drug-likeness (QED) is 0.691. The Kier molecular flexibility index (Phi) is 5.96. The van der Waals surface area contributed by atoms with Gasteiger partial charge in [0.1, 0.15) is 4.47 Å². The molecule has 1 aromatic heterocycles. The Hall–Kier alpha value is -0.920. The van der Waals surface area contributed by atoms with Gasteiger partial charge in [0.15, 0.2) is 0 Å². The van der Waals surface area contributed by atoms with Crippen LogP contribution in [0.2, 0.25) is 0 Å². The van der Waals surface area contributed by atoms with Crippen molar-refractivity contribution in [1.29, 1.82) is 0 Å². The van der Waals surface area contributed by atoms with Gasteiger partial charge in [0, 0.05) is 12.1 Å². The Balaban J connectivity index is 3.03. The third kappa shape index (κ3) is 4.02. The van der Waals surface area contributed by atoms with Crippen LogP contribution in [-0.4, -0.2) is 38.7 Å². The van der Waals surface area contributed by atoms with Gasteiger partial charge >= 0.3 is 0 Å². The zero-order chi connectivity index (χ0) is 14.5. The zero-order valence-corrected chi connectivity index (χ0v) is 12.8. The van der Waals surface area contributed by atoms with Crippen molar-refractivity contribution in [2.24, 2.45) is 0 Å². The summed E-state index contributed by atoms with van der Waals surface area (Å²) < 4.78 is 1.58. The molecule has 0 aromatic carbocycles. The second-order valence-electron chi connectivity index (χ2n) is 4.64. The maximum Gasteiger partial charge on any atom is 0.283 e. The van der Waals surface area contributed by atoms with Crippen molar-refractivity contribution >= 4 is 21.6 Å². The highest BCUT2D eigenvalue weighted by atomic mass is 79.9. The fraction of sp³-hybridized carbons (Fsp3) is 0.667. The molecule has 1 atom stereocenters. The fourth-order valence-electron chi connectivity index (χ4n) is 1.71. The van der Waals surface area contributed by atoms with E-state index in [4.69, 9.17) is 10.2 Å². The smallest absolute Gasteiger partial charge is 0.283 e. The number of aliphatic hydroxyl groups excluding tert-OH is 2. The van der Waals surface area contributed by atoms with E-state index in [1.807, 2.05) is 13.8 Å². The summed E-state index contributed by atoms with van der Waals surface area (Å²) in [6.45, 7) is 4.10. The molecule has 0 saturated carbocycles. The first-order valence-electron chi connectivity index (χ1n) is 6.23. The number of anilines is 1. The molecule has 0 radical (unpaired) electrons. The van der Waals surface area contributed by atoms with Crippen molar-refractivity contribution in [2.45, 2.75) is 38.8 Å². The lowest BCUT2D eigenvalue weighted by molar-refractivity contribution is 0.251.